The summed E-state index contributed by atoms with van der Waals surface area (Å²) in [5.41, 5.74) is 1.53. The highest BCUT2D eigenvalue weighted by Gasteiger charge is 2.04. The zero-order valence-corrected chi connectivity index (χ0v) is 10.8. The van der Waals surface area contributed by atoms with Crippen LogP contribution >= 0.6 is 0 Å². The number of aliphatic carboxylic acids is 1. The lowest BCUT2D eigenvalue weighted by Gasteiger charge is -2.10. The predicted molar refractivity (Wildman–Crippen MR) is 75.6 cm³/mol. The number of ether oxygens (including phenoxy) is 1. The van der Waals surface area contributed by atoms with E-state index in [0.29, 0.717) is 18.7 Å². The van der Waals surface area contributed by atoms with Crippen molar-refractivity contribution in [2.75, 3.05) is 25.1 Å². The Labute approximate surface area is 116 Å². The van der Waals surface area contributed by atoms with Gasteiger partial charge in [-0.1, -0.05) is 24.3 Å². The van der Waals surface area contributed by atoms with E-state index in [-0.39, 0.29) is 6.61 Å². The number of benzene rings is 2. The molecule has 0 aromatic heterocycles. The van der Waals surface area contributed by atoms with Crippen molar-refractivity contribution in [3.8, 4) is 6.07 Å². The van der Waals surface area contributed by atoms with Crippen molar-refractivity contribution in [3.63, 3.8) is 0 Å². The Kier molecular flexibility index (Phi) is 4.53. The number of rotatable bonds is 6. The molecule has 0 spiro atoms. The number of hydrogen-bond donors (Lipinski definition) is 2. The fourth-order valence-corrected chi connectivity index (χ4v) is 1.97. The number of carboxylic acid groups (broad SMARTS) is 1. The lowest BCUT2D eigenvalue weighted by atomic mass is 10.0. The normalized spacial score (nSPS) is 10.2. The highest BCUT2D eigenvalue weighted by Crippen LogP contribution is 2.26. The highest BCUT2D eigenvalue weighted by molar-refractivity contribution is 5.97. The molecule has 0 saturated carbocycles. The second-order valence-corrected chi connectivity index (χ2v) is 4.19. The van der Waals surface area contributed by atoms with Crippen LogP contribution in [-0.4, -0.2) is 30.8 Å². The lowest BCUT2D eigenvalue weighted by molar-refractivity contribution is -0.142. The Bertz CT molecular complexity index is 662. The maximum atomic E-state index is 10.3. The first-order valence-corrected chi connectivity index (χ1v) is 6.17. The average Bonchev–Trinajstić information content (AvgIpc) is 2.46. The maximum Gasteiger partial charge on any atom is 0.329 e. The number of nitriles is 1. The first kappa shape index (κ1) is 13.8. The van der Waals surface area contributed by atoms with Crippen LogP contribution in [0.2, 0.25) is 0 Å². The minimum atomic E-state index is -0.978. The van der Waals surface area contributed by atoms with E-state index >= 15 is 0 Å². The third-order valence-corrected chi connectivity index (χ3v) is 2.83. The molecule has 0 saturated heterocycles. The molecule has 20 heavy (non-hydrogen) atoms. The zero-order valence-electron chi connectivity index (χ0n) is 10.8. The van der Waals surface area contributed by atoms with Crippen molar-refractivity contribution < 1.29 is 14.6 Å². The number of fused-ring (bicyclic) bond motifs is 1. The SMILES string of the molecule is N#Cc1ccc(NCCOCC(=O)O)c2ccccc12. The van der Waals surface area contributed by atoms with Gasteiger partial charge in [-0.3, -0.25) is 0 Å². The van der Waals surface area contributed by atoms with Crippen LogP contribution in [0.25, 0.3) is 10.8 Å². The van der Waals surface area contributed by atoms with Crippen LogP contribution in [0.4, 0.5) is 5.69 Å². The van der Waals surface area contributed by atoms with E-state index < -0.39 is 5.97 Å². The molecule has 2 N–H and O–H groups in total. The Morgan fingerprint density at radius 1 is 1.25 bits per heavy atom. The van der Waals surface area contributed by atoms with Crippen molar-refractivity contribution in [1.82, 2.24) is 0 Å². The summed E-state index contributed by atoms with van der Waals surface area (Å²) in [4.78, 5) is 10.3. The summed E-state index contributed by atoms with van der Waals surface area (Å²) < 4.78 is 4.96. The van der Waals surface area contributed by atoms with Crippen molar-refractivity contribution in [2.24, 2.45) is 0 Å². The van der Waals surface area contributed by atoms with Gasteiger partial charge in [0.1, 0.15) is 6.61 Å². The second-order valence-electron chi connectivity index (χ2n) is 4.19. The third kappa shape index (κ3) is 3.25. The number of nitrogens with one attached hydrogen (secondary N) is 1. The van der Waals surface area contributed by atoms with Crippen LogP contribution in [0.5, 0.6) is 0 Å². The van der Waals surface area contributed by atoms with E-state index in [1.54, 1.807) is 6.07 Å². The molecule has 0 aliphatic carbocycles. The number of hydrogen-bond acceptors (Lipinski definition) is 4. The van der Waals surface area contributed by atoms with E-state index in [2.05, 4.69) is 11.4 Å². The van der Waals surface area contributed by atoms with Gasteiger partial charge in [0.05, 0.1) is 18.2 Å². The van der Waals surface area contributed by atoms with Crippen LogP contribution in [0.1, 0.15) is 5.56 Å². The molecule has 0 aliphatic rings. The summed E-state index contributed by atoms with van der Waals surface area (Å²) in [5, 5.41) is 22.6. The maximum absolute atomic E-state index is 10.3. The molecule has 0 fully saturated rings. The standard InChI is InChI=1S/C15H14N2O3/c16-9-11-5-6-14(13-4-2-1-3-12(11)13)17-7-8-20-10-15(18)19/h1-6,17H,7-8,10H2,(H,18,19). The van der Waals surface area contributed by atoms with Gasteiger partial charge in [-0.25, -0.2) is 4.79 Å². The summed E-state index contributed by atoms with van der Waals surface area (Å²) in [5.74, 6) is -0.978. The summed E-state index contributed by atoms with van der Waals surface area (Å²) >= 11 is 0. The highest BCUT2D eigenvalue weighted by atomic mass is 16.5. The molecule has 2 aromatic rings. The number of carbonyl (C=O) groups is 1. The zero-order chi connectivity index (χ0) is 14.4. The Balaban J connectivity index is 2.08. The van der Waals surface area contributed by atoms with Gasteiger partial charge in [0, 0.05) is 23.0 Å². The van der Waals surface area contributed by atoms with Gasteiger partial charge >= 0.3 is 5.97 Å². The van der Waals surface area contributed by atoms with E-state index in [4.69, 9.17) is 15.1 Å². The van der Waals surface area contributed by atoms with Crippen LogP contribution < -0.4 is 5.32 Å². The monoisotopic (exact) mass is 270 g/mol. The molecule has 0 bridgehead atoms. The van der Waals surface area contributed by atoms with Crippen molar-refractivity contribution in [2.45, 2.75) is 0 Å². The summed E-state index contributed by atoms with van der Waals surface area (Å²) in [6.07, 6.45) is 0. The van der Waals surface area contributed by atoms with Gasteiger partial charge < -0.3 is 15.2 Å². The van der Waals surface area contributed by atoms with Gasteiger partial charge in [-0.2, -0.15) is 5.26 Å². The summed E-state index contributed by atoms with van der Waals surface area (Å²) in [7, 11) is 0. The van der Waals surface area contributed by atoms with Gasteiger partial charge in [-0.15, -0.1) is 0 Å². The molecule has 0 aliphatic heterocycles. The summed E-state index contributed by atoms with van der Waals surface area (Å²) in [6, 6.07) is 13.4. The van der Waals surface area contributed by atoms with Crippen molar-refractivity contribution >= 4 is 22.4 Å². The quantitative estimate of drug-likeness (QED) is 0.786. The Hall–Kier alpha value is -2.58. The molecule has 0 amide bonds. The van der Waals surface area contributed by atoms with Gasteiger partial charge in [0.25, 0.3) is 0 Å². The molecule has 102 valence electrons. The minimum absolute atomic E-state index is 0.296. The second kappa shape index (κ2) is 6.55. The largest absolute Gasteiger partial charge is 0.480 e. The van der Waals surface area contributed by atoms with Gasteiger partial charge in [0.2, 0.25) is 0 Å². The molecule has 5 heteroatoms. The van der Waals surface area contributed by atoms with Crippen LogP contribution in [0.3, 0.4) is 0 Å². The minimum Gasteiger partial charge on any atom is -0.480 e. The predicted octanol–water partition coefficient (Wildman–Crippen LogP) is 2.22. The number of carboxylic acids is 1. The third-order valence-electron chi connectivity index (χ3n) is 2.83. The lowest BCUT2D eigenvalue weighted by Crippen LogP contribution is -2.14. The van der Waals surface area contributed by atoms with E-state index in [1.807, 2.05) is 30.3 Å². The Morgan fingerprint density at radius 2 is 2.00 bits per heavy atom. The van der Waals surface area contributed by atoms with Crippen LogP contribution in [-0.2, 0) is 9.53 Å². The molecular weight excluding hydrogens is 256 g/mol. The number of anilines is 1. The molecule has 0 unspecified atom stereocenters. The number of nitrogens with zero attached hydrogens (tertiary/aromatic N) is 1. The van der Waals surface area contributed by atoms with Gasteiger partial charge in [0.15, 0.2) is 0 Å². The smallest absolute Gasteiger partial charge is 0.329 e. The molecule has 0 heterocycles. The van der Waals surface area contributed by atoms with E-state index in [9.17, 15) is 4.79 Å². The van der Waals surface area contributed by atoms with Crippen molar-refractivity contribution in [3.05, 3.63) is 42.0 Å². The van der Waals surface area contributed by atoms with Gasteiger partial charge in [-0.05, 0) is 12.1 Å². The average molecular weight is 270 g/mol. The topological polar surface area (TPSA) is 82.3 Å². The fraction of sp³-hybridized carbons (Fsp3) is 0.200. The van der Waals surface area contributed by atoms with Crippen LogP contribution in [0.15, 0.2) is 36.4 Å². The first-order chi connectivity index (χ1) is 9.72. The van der Waals surface area contributed by atoms with E-state index in [0.717, 1.165) is 16.5 Å². The molecule has 2 rings (SSSR count). The molecular formula is C15H14N2O3. The molecule has 2 aromatic carbocycles. The Morgan fingerprint density at radius 3 is 2.70 bits per heavy atom. The van der Waals surface area contributed by atoms with E-state index in [1.165, 1.54) is 0 Å². The molecule has 5 nitrogen and oxygen atoms in total. The summed E-state index contributed by atoms with van der Waals surface area (Å²) in [6.45, 7) is 0.513. The molecule has 0 radical (unpaired) electrons. The van der Waals surface area contributed by atoms with Crippen molar-refractivity contribution in [1.29, 1.82) is 5.26 Å². The first-order valence-electron chi connectivity index (χ1n) is 6.17. The fourth-order valence-electron chi connectivity index (χ4n) is 1.97. The molecule has 0 atom stereocenters. The van der Waals surface area contributed by atoms with Crippen LogP contribution in [0, 0.1) is 11.3 Å².